The minimum atomic E-state index is -0.670. The highest BCUT2D eigenvalue weighted by Crippen LogP contribution is 2.44. The first kappa shape index (κ1) is 22.2. The van der Waals surface area contributed by atoms with Crippen LogP contribution in [0.5, 0.6) is 0 Å². The molecule has 2 amide bonds. The maximum atomic E-state index is 13.7. The van der Waals surface area contributed by atoms with Crippen molar-refractivity contribution in [3.05, 3.63) is 70.4 Å². The minimum absolute atomic E-state index is 0.122. The Morgan fingerprint density at radius 2 is 1.66 bits per heavy atom. The van der Waals surface area contributed by atoms with E-state index in [9.17, 15) is 14.4 Å². The van der Waals surface area contributed by atoms with Crippen molar-refractivity contribution < 1.29 is 19.1 Å². The van der Waals surface area contributed by atoms with Gasteiger partial charge < -0.3 is 14.5 Å². The van der Waals surface area contributed by atoms with Crippen molar-refractivity contribution in [2.24, 2.45) is 0 Å². The number of hydrogen-bond acceptors (Lipinski definition) is 4. The third-order valence-electron chi connectivity index (χ3n) is 7.61. The Hall–Kier alpha value is -3.32. The molecule has 180 valence electrons. The summed E-state index contributed by atoms with van der Waals surface area (Å²) in [5, 5.41) is 1.23. The van der Waals surface area contributed by atoms with Crippen LogP contribution in [0, 0.1) is 0 Å². The van der Waals surface area contributed by atoms with E-state index in [-0.39, 0.29) is 17.9 Å². The molecule has 3 aliphatic heterocycles. The molecule has 2 fully saturated rings. The number of carbonyl (C=O) groups is 3. The van der Waals surface area contributed by atoms with E-state index in [0.717, 1.165) is 37.9 Å². The molecule has 0 atom stereocenters. The van der Waals surface area contributed by atoms with Crippen LogP contribution in [0.15, 0.2) is 48.7 Å². The maximum Gasteiger partial charge on any atom is 0.339 e. The Morgan fingerprint density at radius 1 is 0.914 bits per heavy atom. The zero-order valence-corrected chi connectivity index (χ0v) is 20.1. The zero-order chi connectivity index (χ0) is 24.2. The normalized spacial score (nSPS) is 19.2. The number of hydrogen-bond donors (Lipinski definition) is 0. The van der Waals surface area contributed by atoms with Crippen LogP contribution in [0.4, 0.5) is 4.79 Å². The average molecular weight is 492 g/mol. The summed E-state index contributed by atoms with van der Waals surface area (Å²) in [6.07, 6.45) is 5.84. The first-order valence-electron chi connectivity index (χ1n) is 12.2. The summed E-state index contributed by atoms with van der Waals surface area (Å²) in [7, 11) is 0. The number of aromatic nitrogens is 1. The number of amides is 2. The Morgan fingerprint density at radius 3 is 2.43 bits per heavy atom. The van der Waals surface area contributed by atoms with Gasteiger partial charge in [-0.1, -0.05) is 35.9 Å². The predicted octanol–water partition coefficient (Wildman–Crippen LogP) is 5.05. The first-order chi connectivity index (χ1) is 17.0. The largest absolute Gasteiger partial charge is 0.450 e. The van der Waals surface area contributed by atoms with E-state index in [1.807, 2.05) is 29.2 Å². The molecule has 35 heavy (non-hydrogen) atoms. The smallest absolute Gasteiger partial charge is 0.339 e. The fraction of sp³-hybridized carbons (Fsp3) is 0.370. The SMILES string of the molecule is O=C1OC2(CCN(C(=O)c3cn(C(=O)N4CCCCC4)c4cc(Cl)ccc34)CC2)c2ccccc21. The molecule has 3 aliphatic rings. The van der Waals surface area contributed by atoms with Crippen molar-refractivity contribution in [3.8, 4) is 0 Å². The molecule has 0 saturated carbocycles. The van der Waals surface area contributed by atoms with E-state index in [2.05, 4.69) is 0 Å². The van der Waals surface area contributed by atoms with Gasteiger partial charge in [0.15, 0.2) is 0 Å². The molecule has 0 aliphatic carbocycles. The van der Waals surface area contributed by atoms with Crippen LogP contribution in [-0.4, -0.2) is 58.5 Å². The van der Waals surface area contributed by atoms with Gasteiger partial charge in [0.05, 0.1) is 16.6 Å². The molecular weight excluding hydrogens is 466 g/mol. The fourth-order valence-corrected chi connectivity index (χ4v) is 5.89. The highest BCUT2D eigenvalue weighted by Gasteiger charge is 2.47. The van der Waals surface area contributed by atoms with E-state index in [0.29, 0.717) is 53.0 Å². The molecule has 0 unspecified atom stereocenters. The number of rotatable bonds is 1. The Kier molecular flexibility index (Phi) is 5.33. The van der Waals surface area contributed by atoms with Crippen molar-refractivity contribution in [1.29, 1.82) is 0 Å². The summed E-state index contributed by atoms with van der Waals surface area (Å²) in [5.41, 5.74) is 1.99. The molecule has 2 aromatic carbocycles. The highest BCUT2D eigenvalue weighted by atomic mass is 35.5. The van der Waals surface area contributed by atoms with Crippen LogP contribution >= 0.6 is 11.6 Å². The quantitative estimate of drug-likeness (QED) is 0.446. The molecule has 0 radical (unpaired) electrons. The summed E-state index contributed by atoms with van der Waals surface area (Å²) in [6, 6.07) is 12.7. The van der Waals surface area contributed by atoms with E-state index in [4.69, 9.17) is 16.3 Å². The van der Waals surface area contributed by atoms with Crippen molar-refractivity contribution in [2.45, 2.75) is 37.7 Å². The molecule has 0 N–H and O–H groups in total. The molecule has 3 aromatic rings. The summed E-state index contributed by atoms with van der Waals surface area (Å²) in [4.78, 5) is 43.0. The zero-order valence-electron chi connectivity index (χ0n) is 19.3. The average Bonchev–Trinajstić information content (AvgIpc) is 3.39. The molecule has 7 nitrogen and oxygen atoms in total. The molecule has 8 heteroatoms. The topological polar surface area (TPSA) is 71.8 Å². The van der Waals surface area contributed by atoms with Crippen LogP contribution in [0.2, 0.25) is 5.02 Å². The van der Waals surface area contributed by atoms with Gasteiger partial charge in [0.2, 0.25) is 0 Å². The molecule has 6 rings (SSSR count). The predicted molar refractivity (Wildman–Crippen MR) is 132 cm³/mol. The van der Waals surface area contributed by atoms with E-state index >= 15 is 0 Å². The number of benzene rings is 2. The van der Waals surface area contributed by atoms with E-state index in [1.54, 1.807) is 33.9 Å². The van der Waals surface area contributed by atoms with E-state index in [1.165, 1.54) is 0 Å². The molecule has 0 bridgehead atoms. The van der Waals surface area contributed by atoms with Gasteiger partial charge in [-0.25, -0.2) is 9.59 Å². The lowest BCUT2D eigenvalue weighted by molar-refractivity contribution is -0.0389. The third-order valence-corrected chi connectivity index (χ3v) is 7.85. The molecule has 1 spiro atoms. The standard InChI is InChI=1S/C27H26ClN3O4/c28-18-8-9-19-21(17-31(23(19)16-18)26(34)30-12-4-1-5-13-30)24(32)29-14-10-27(11-15-29)22-7-3-2-6-20(22)25(33)35-27/h2-3,6-9,16-17H,1,4-5,10-15H2. The maximum absolute atomic E-state index is 13.7. The van der Waals surface area contributed by atoms with Gasteiger partial charge in [-0.15, -0.1) is 0 Å². The number of fused-ring (bicyclic) bond motifs is 3. The Labute approximate surface area is 208 Å². The fourth-order valence-electron chi connectivity index (χ4n) is 5.72. The number of halogens is 1. The second-order valence-electron chi connectivity index (χ2n) is 9.63. The molecule has 1 aromatic heterocycles. The van der Waals surface area contributed by atoms with Crippen LogP contribution in [0.25, 0.3) is 10.9 Å². The lowest BCUT2D eigenvalue weighted by Gasteiger charge is -2.38. The summed E-state index contributed by atoms with van der Waals surface area (Å²) < 4.78 is 7.40. The van der Waals surface area contributed by atoms with Gasteiger partial charge in [-0.2, -0.15) is 0 Å². The van der Waals surface area contributed by atoms with Gasteiger partial charge in [0, 0.05) is 61.2 Å². The number of ether oxygens (including phenoxy) is 1. The molecular formula is C27H26ClN3O4. The Balaban J connectivity index is 1.28. The van der Waals surface area contributed by atoms with Gasteiger partial charge in [-0.05, 0) is 37.5 Å². The van der Waals surface area contributed by atoms with Crippen LogP contribution in [0.3, 0.4) is 0 Å². The monoisotopic (exact) mass is 491 g/mol. The number of piperidine rings is 2. The van der Waals surface area contributed by atoms with Crippen molar-refractivity contribution in [3.63, 3.8) is 0 Å². The third kappa shape index (κ3) is 3.60. The van der Waals surface area contributed by atoms with Crippen molar-refractivity contribution >= 4 is 40.4 Å². The number of likely N-dealkylation sites (tertiary alicyclic amines) is 2. The molecule has 4 heterocycles. The lowest BCUT2D eigenvalue weighted by atomic mass is 9.83. The first-order valence-corrected chi connectivity index (χ1v) is 12.6. The minimum Gasteiger partial charge on any atom is -0.450 e. The summed E-state index contributed by atoms with van der Waals surface area (Å²) >= 11 is 6.27. The number of nitrogens with zero attached hydrogens (tertiary/aromatic N) is 3. The van der Waals surface area contributed by atoms with Crippen LogP contribution in [0.1, 0.15) is 58.4 Å². The second kappa shape index (κ2) is 8.41. The number of esters is 1. The van der Waals surface area contributed by atoms with Crippen molar-refractivity contribution in [2.75, 3.05) is 26.2 Å². The molecule has 2 saturated heterocycles. The Bertz CT molecular complexity index is 1350. The van der Waals surface area contributed by atoms with Gasteiger partial charge in [0.25, 0.3) is 5.91 Å². The van der Waals surface area contributed by atoms with Gasteiger partial charge in [-0.3, -0.25) is 9.36 Å². The summed E-state index contributed by atoms with van der Waals surface area (Å²) in [6.45, 7) is 2.36. The van der Waals surface area contributed by atoms with Crippen LogP contribution < -0.4 is 0 Å². The van der Waals surface area contributed by atoms with Crippen LogP contribution in [-0.2, 0) is 10.3 Å². The van der Waals surface area contributed by atoms with Gasteiger partial charge in [0.1, 0.15) is 5.60 Å². The highest BCUT2D eigenvalue weighted by molar-refractivity contribution is 6.31. The van der Waals surface area contributed by atoms with Crippen molar-refractivity contribution in [1.82, 2.24) is 14.4 Å². The van der Waals surface area contributed by atoms with E-state index < -0.39 is 5.60 Å². The lowest BCUT2D eigenvalue weighted by Crippen LogP contribution is -2.45. The summed E-state index contributed by atoms with van der Waals surface area (Å²) in [5.74, 6) is -0.425. The number of carbonyl (C=O) groups excluding carboxylic acids is 3. The second-order valence-corrected chi connectivity index (χ2v) is 10.1. The van der Waals surface area contributed by atoms with Gasteiger partial charge >= 0.3 is 12.0 Å².